The third-order valence-electron chi connectivity index (χ3n) is 4.61. The minimum absolute atomic E-state index is 0.318. The predicted octanol–water partition coefficient (Wildman–Crippen LogP) is 3.82. The summed E-state index contributed by atoms with van der Waals surface area (Å²) in [5, 5.41) is 10.7. The van der Waals surface area contributed by atoms with Crippen LogP contribution in [0.15, 0.2) is 18.2 Å². The molecule has 2 aliphatic rings. The first kappa shape index (κ1) is 12.4. The molecule has 3 rings (SSSR count). The van der Waals surface area contributed by atoms with Gasteiger partial charge in [-0.1, -0.05) is 30.5 Å². The summed E-state index contributed by atoms with van der Waals surface area (Å²) in [5.41, 5.74) is 0.856. The van der Waals surface area contributed by atoms with Crippen LogP contribution in [0.1, 0.15) is 31.2 Å². The molecular formula is C15H18ClFO. The first-order valence-electron chi connectivity index (χ1n) is 6.79. The molecule has 0 amide bonds. The van der Waals surface area contributed by atoms with Crippen LogP contribution in [-0.4, -0.2) is 11.2 Å². The van der Waals surface area contributed by atoms with E-state index < -0.39 is 0 Å². The number of halogens is 2. The molecule has 98 valence electrons. The Morgan fingerprint density at radius 1 is 1.28 bits per heavy atom. The van der Waals surface area contributed by atoms with E-state index in [2.05, 4.69) is 0 Å². The van der Waals surface area contributed by atoms with Gasteiger partial charge in [-0.05, 0) is 48.3 Å². The van der Waals surface area contributed by atoms with Gasteiger partial charge in [-0.2, -0.15) is 0 Å². The number of hydrogen-bond acceptors (Lipinski definition) is 1. The summed E-state index contributed by atoms with van der Waals surface area (Å²) in [6.07, 6.45) is 5.38. The van der Waals surface area contributed by atoms with Crippen LogP contribution in [0.2, 0.25) is 5.02 Å². The van der Waals surface area contributed by atoms with Gasteiger partial charge in [-0.3, -0.25) is 0 Å². The Bertz CT molecular complexity index is 436. The lowest BCUT2D eigenvalue weighted by molar-refractivity contribution is 0.140. The van der Waals surface area contributed by atoms with Gasteiger partial charge in [0.2, 0.25) is 0 Å². The fourth-order valence-electron chi connectivity index (χ4n) is 3.67. The van der Waals surface area contributed by atoms with Crippen molar-refractivity contribution in [1.82, 2.24) is 0 Å². The normalized spacial score (nSPS) is 31.8. The number of rotatable bonds is 3. The quantitative estimate of drug-likeness (QED) is 0.884. The van der Waals surface area contributed by atoms with E-state index in [9.17, 15) is 9.50 Å². The first-order chi connectivity index (χ1) is 8.66. The summed E-state index contributed by atoms with van der Waals surface area (Å²) < 4.78 is 13.0. The Labute approximate surface area is 112 Å². The zero-order valence-electron chi connectivity index (χ0n) is 10.3. The molecule has 0 heterocycles. The highest BCUT2D eigenvalue weighted by molar-refractivity contribution is 6.31. The van der Waals surface area contributed by atoms with Gasteiger partial charge in [0.25, 0.3) is 0 Å². The zero-order valence-corrected chi connectivity index (χ0v) is 11.0. The molecule has 1 aromatic carbocycles. The van der Waals surface area contributed by atoms with Gasteiger partial charge in [0.1, 0.15) is 5.82 Å². The highest BCUT2D eigenvalue weighted by atomic mass is 35.5. The van der Waals surface area contributed by atoms with E-state index in [4.69, 9.17) is 11.6 Å². The van der Waals surface area contributed by atoms with Crippen LogP contribution in [0.5, 0.6) is 0 Å². The van der Waals surface area contributed by atoms with Crippen molar-refractivity contribution in [1.29, 1.82) is 0 Å². The van der Waals surface area contributed by atoms with E-state index >= 15 is 0 Å². The molecule has 2 fully saturated rings. The third kappa shape index (κ3) is 2.28. The first-order valence-corrected chi connectivity index (χ1v) is 7.16. The van der Waals surface area contributed by atoms with Crippen LogP contribution in [-0.2, 0) is 6.42 Å². The zero-order chi connectivity index (χ0) is 12.7. The summed E-state index contributed by atoms with van der Waals surface area (Å²) in [6.45, 7) is 0. The van der Waals surface area contributed by atoms with Gasteiger partial charge < -0.3 is 5.11 Å². The largest absolute Gasteiger partial charge is 0.392 e. The van der Waals surface area contributed by atoms with Crippen LogP contribution >= 0.6 is 11.6 Å². The second-order valence-corrected chi connectivity index (χ2v) is 6.10. The van der Waals surface area contributed by atoms with Gasteiger partial charge in [-0.25, -0.2) is 4.39 Å². The van der Waals surface area contributed by atoms with Crippen molar-refractivity contribution < 1.29 is 9.50 Å². The van der Waals surface area contributed by atoms with Crippen molar-refractivity contribution in [3.05, 3.63) is 34.6 Å². The molecule has 0 radical (unpaired) electrons. The Hall–Kier alpha value is -0.600. The molecule has 3 atom stereocenters. The number of aliphatic hydroxyl groups excluding tert-OH is 1. The minimum Gasteiger partial charge on any atom is -0.392 e. The van der Waals surface area contributed by atoms with Gasteiger partial charge in [-0.15, -0.1) is 0 Å². The predicted molar refractivity (Wildman–Crippen MR) is 70.1 cm³/mol. The lowest BCUT2D eigenvalue weighted by atomic mass is 10.0. The molecule has 0 saturated heterocycles. The maximum atomic E-state index is 13.0. The van der Waals surface area contributed by atoms with Crippen molar-refractivity contribution in [3.8, 4) is 0 Å². The van der Waals surface area contributed by atoms with Crippen molar-refractivity contribution >= 4 is 11.6 Å². The van der Waals surface area contributed by atoms with Gasteiger partial charge >= 0.3 is 0 Å². The second kappa shape index (κ2) is 4.82. The molecule has 0 spiro atoms. The Balaban J connectivity index is 1.66. The lowest BCUT2D eigenvalue weighted by Gasteiger charge is -2.11. The fraction of sp³-hybridized carbons (Fsp3) is 0.600. The topological polar surface area (TPSA) is 20.2 Å². The molecule has 3 heteroatoms. The number of benzene rings is 1. The van der Waals surface area contributed by atoms with Gasteiger partial charge in [0, 0.05) is 11.4 Å². The summed E-state index contributed by atoms with van der Waals surface area (Å²) in [5.74, 6) is 1.59. The van der Waals surface area contributed by atoms with E-state index in [0.717, 1.165) is 17.4 Å². The average molecular weight is 269 g/mol. The fourth-order valence-corrected chi connectivity index (χ4v) is 3.91. The van der Waals surface area contributed by atoms with Gasteiger partial charge in [0.15, 0.2) is 0 Å². The maximum absolute atomic E-state index is 13.0. The van der Waals surface area contributed by atoms with Crippen molar-refractivity contribution in [3.63, 3.8) is 0 Å². The molecule has 0 bridgehead atoms. The second-order valence-electron chi connectivity index (χ2n) is 5.70. The average Bonchev–Trinajstić information content (AvgIpc) is 3.07. The molecule has 1 nitrogen and oxygen atoms in total. The SMILES string of the molecule is OC(Cc1ccc(F)cc1Cl)C1C2CCCCC21. The standard InChI is InChI=1S/C15H18ClFO/c16-13-8-10(17)6-5-9(13)7-14(18)15-11-3-1-2-4-12(11)15/h5-6,8,11-12,14-15,18H,1-4,7H2. The van der Waals surface area contributed by atoms with Crippen molar-refractivity contribution in [2.75, 3.05) is 0 Å². The molecule has 1 aromatic rings. The summed E-state index contributed by atoms with van der Waals surface area (Å²) >= 11 is 6.00. The maximum Gasteiger partial charge on any atom is 0.124 e. The van der Waals surface area contributed by atoms with E-state index in [-0.39, 0.29) is 11.9 Å². The molecule has 18 heavy (non-hydrogen) atoms. The number of aliphatic hydroxyl groups is 1. The van der Waals surface area contributed by atoms with E-state index in [1.807, 2.05) is 0 Å². The summed E-state index contributed by atoms with van der Waals surface area (Å²) in [7, 11) is 0. The Morgan fingerprint density at radius 3 is 2.56 bits per heavy atom. The molecular weight excluding hydrogens is 251 g/mol. The molecule has 2 aliphatic carbocycles. The molecule has 0 aromatic heterocycles. The van der Waals surface area contributed by atoms with Crippen molar-refractivity contribution in [2.24, 2.45) is 17.8 Å². The van der Waals surface area contributed by atoms with Crippen molar-refractivity contribution in [2.45, 2.75) is 38.2 Å². The van der Waals surface area contributed by atoms with E-state index in [1.165, 1.54) is 37.8 Å². The summed E-state index contributed by atoms with van der Waals surface area (Å²) in [6, 6.07) is 4.42. The monoisotopic (exact) mass is 268 g/mol. The lowest BCUT2D eigenvalue weighted by Crippen LogP contribution is -2.15. The Morgan fingerprint density at radius 2 is 1.94 bits per heavy atom. The van der Waals surface area contributed by atoms with Gasteiger partial charge in [0.05, 0.1) is 6.10 Å². The smallest absolute Gasteiger partial charge is 0.124 e. The molecule has 2 saturated carbocycles. The van der Waals surface area contributed by atoms with Crippen LogP contribution in [0.25, 0.3) is 0 Å². The van der Waals surface area contributed by atoms with Crippen LogP contribution in [0, 0.1) is 23.6 Å². The summed E-state index contributed by atoms with van der Waals surface area (Å²) in [4.78, 5) is 0. The highest BCUT2D eigenvalue weighted by Gasteiger charge is 2.53. The van der Waals surface area contributed by atoms with Crippen LogP contribution in [0.3, 0.4) is 0 Å². The van der Waals surface area contributed by atoms with E-state index in [1.54, 1.807) is 6.07 Å². The Kier molecular flexibility index (Phi) is 3.33. The van der Waals surface area contributed by atoms with Crippen LogP contribution in [0.4, 0.5) is 4.39 Å². The number of fused-ring (bicyclic) bond motifs is 1. The number of hydrogen-bond donors (Lipinski definition) is 1. The van der Waals surface area contributed by atoms with Crippen LogP contribution < -0.4 is 0 Å². The molecule has 0 aliphatic heterocycles. The minimum atomic E-state index is -0.321. The highest BCUT2D eigenvalue weighted by Crippen LogP contribution is 2.57. The third-order valence-corrected chi connectivity index (χ3v) is 4.96. The molecule has 1 N–H and O–H groups in total. The van der Waals surface area contributed by atoms with E-state index in [0.29, 0.717) is 17.4 Å². The molecule has 3 unspecified atom stereocenters.